The molecule has 17 heavy (non-hydrogen) atoms. The number of hydrogen-bond donors (Lipinski definition) is 1. The second-order valence-electron chi connectivity index (χ2n) is 4.42. The Balaban J connectivity index is 2.88. The molecule has 0 bridgehead atoms. The Bertz CT molecular complexity index is 367. The number of piperidine rings is 1. The quantitative estimate of drug-likeness (QED) is 0.739. The van der Waals surface area contributed by atoms with Gasteiger partial charge in [-0.1, -0.05) is 0 Å². The lowest BCUT2D eigenvalue weighted by atomic mass is 10.1. The molecule has 0 amide bonds. The Kier molecular flexibility index (Phi) is 4.91. The van der Waals surface area contributed by atoms with E-state index in [0.717, 1.165) is 12.8 Å². The van der Waals surface area contributed by atoms with Gasteiger partial charge >= 0.3 is 5.97 Å². The summed E-state index contributed by atoms with van der Waals surface area (Å²) < 4.78 is 32.4. The molecule has 1 heterocycles. The molecule has 1 rings (SSSR count). The van der Waals surface area contributed by atoms with Crippen LogP contribution in [0.15, 0.2) is 0 Å². The SMILES string of the molecule is COC(=O)C1CCCCN1S(=O)(=O)NC(C)C. The van der Waals surface area contributed by atoms with Crippen molar-refractivity contribution in [1.82, 2.24) is 9.03 Å². The summed E-state index contributed by atoms with van der Waals surface area (Å²) >= 11 is 0. The Labute approximate surface area is 102 Å². The standard InChI is InChI=1S/C10H20N2O4S/c1-8(2)11-17(14,15)12-7-5-4-6-9(12)10(13)16-3/h8-9,11H,4-7H2,1-3H3. The first-order chi connectivity index (χ1) is 7.88. The van der Waals surface area contributed by atoms with E-state index in [4.69, 9.17) is 0 Å². The van der Waals surface area contributed by atoms with Crippen LogP contribution < -0.4 is 4.72 Å². The van der Waals surface area contributed by atoms with Crippen LogP contribution in [0, 0.1) is 0 Å². The van der Waals surface area contributed by atoms with Crippen molar-refractivity contribution < 1.29 is 17.9 Å². The second kappa shape index (κ2) is 5.79. The van der Waals surface area contributed by atoms with Gasteiger partial charge < -0.3 is 4.74 Å². The lowest BCUT2D eigenvalue weighted by Gasteiger charge is -2.33. The van der Waals surface area contributed by atoms with E-state index in [-0.39, 0.29) is 6.04 Å². The Morgan fingerprint density at radius 2 is 2.06 bits per heavy atom. The molecule has 7 heteroatoms. The van der Waals surface area contributed by atoms with Gasteiger partial charge in [-0.2, -0.15) is 17.4 Å². The van der Waals surface area contributed by atoms with Crippen molar-refractivity contribution in [1.29, 1.82) is 0 Å². The molecule has 6 nitrogen and oxygen atoms in total. The molecule has 1 fully saturated rings. The molecule has 1 aliphatic rings. The van der Waals surface area contributed by atoms with Crippen LogP contribution in [0.2, 0.25) is 0 Å². The largest absolute Gasteiger partial charge is 0.468 e. The van der Waals surface area contributed by atoms with Crippen LogP contribution in [-0.2, 0) is 19.7 Å². The maximum Gasteiger partial charge on any atom is 0.324 e. The molecule has 0 aromatic carbocycles. The van der Waals surface area contributed by atoms with Crippen molar-refractivity contribution in [2.75, 3.05) is 13.7 Å². The van der Waals surface area contributed by atoms with Gasteiger partial charge in [0, 0.05) is 12.6 Å². The van der Waals surface area contributed by atoms with Gasteiger partial charge in [0.15, 0.2) is 0 Å². The van der Waals surface area contributed by atoms with Gasteiger partial charge in [0.1, 0.15) is 6.04 Å². The van der Waals surface area contributed by atoms with E-state index < -0.39 is 22.2 Å². The molecule has 1 N–H and O–H groups in total. The minimum absolute atomic E-state index is 0.194. The predicted molar refractivity (Wildman–Crippen MR) is 63.6 cm³/mol. The zero-order valence-electron chi connectivity index (χ0n) is 10.5. The average Bonchev–Trinajstić information content (AvgIpc) is 2.26. The summed E-state index contributed by atoms with van der Waals surface area (Å²) in [5.74, 6) is -0.487. The number of ether oxygens (including phenoxy) is 1. The molecule has 100 valence electrons. The van der Waals surface area contributed by atoms with Crippen molar-refractivity contribution in [2.24, 2.45) is 0 Å². The van der Waals surface area contributed by atoms with Crippen LogP contribution in [0.4, 0.5) is 0 Å². The molecule has 1 unspecified atom stereocenters. The molecule has 0 aromatic rings. The van der Waals surface area contributed by atoms with Crippen LogP contribution in [0.25, 0.3) is 0 Å². The van der Waals surface area contributed by atoms with Crippen molar-refractivity contribution in [3.8, 4) is 0 Å². The molecule has 0 radical (unpaired) electrons. The van der Waals surface area contributed by atoms with Crippen molar-refractivity contribution in [3.63, 3.8) is 0 Å². The molecule has 1 saturated heterocycles. The van der Waals surface area contributed by atoms with Gasteiger partial charge in [-0.15, -0.1) is 0 Å². The lowest BCUT2D eigenvalue weighted by molar-refractivity contribution is -0.146. The van der Waals surface area contributed by atoms with E-state index in [1.165, 1.54) is 11.4 Å². The number of nitrogens with zero attached hydrogens (tertiary/aromatic N) is 1. The Hall–Kier alpha value is -0.660. The van der Waals surface area contributed by atoms with Crippen molar-refractivity contribution in [3.05, 3.63) is 0 Å². The first kappa shape index (κ1) is 14.4. The van der Waals surface area contributed by atoms with Gasteiger partial charge in [0.05, 0.1) is 7.11 Å². The molecule has 1 atom stereocenters. The fourth-order valence-electron chi connectivity index (χ4n) is 1.93. The van der Waals surface area contributed by atoms with Crippen molar-refractivity contribution in [2.45, 2.75) is 45.2 Å². The van der Waals surface area contributed by atoms with E-state index in [2.05, 4.69) is 9.46 Å². The Morgan fingerprint density at radius 1 is 1.41 bits per heavy atom. The van der Waals surface area contributed by atoms with Gasteiger partial charge in [0.2, 0.25) is 0 Å². The first-order valence-electron chi connectivity index (χ1n) is 5.75. The molecule has 0 aromatic heterocycles. The number of methoxy groups -OCH3 is 1. The third-order valence-corrected chi connectivity index (χ3v) is 4.44. The van der Waals surface area contributed by atoms with Gasteiger partial charge in [0.25, 0.3) is 10.2 Å². The summed E-state index contributed by atoms with van der Waals surface area (Å²) in [5.41, 5.74) is 0. The third-order valence-electron chi connectivity index (χ3n) is 2.62. The fourth-order valence-corrected chi connectivity index (χ4v) is 3.56. The minimum atomic E-state index is -3.60. The minimum Gasteiger partial charge on any atom is -0.468 e. The predicted octanol–water partition coefficient (Wildman–Crippen LogP) is 0.257. The smallest absolute Gasteiger partial charge is 0.324 e. The lowest BCUT2D eigenvalue weighted by Crippen LogP contribution is -2.53. The summed E-state index contributed by atoms with van der Waals surface area (Å²) in [6.07, 6.45) is 2.13. The van der Waals surface area contributed by atoms with Gasteiger partial charge in [-0.25, -0.2) is 0 Å². The summed E-state index contributed by atoms with van der Waals surface area (Å²) in [7, 11) is -2.33. The van der Waals surface area contributed by atoms with Gasteiger partial charge in [-0.3, -0.25) is 4.79 Å². The number of nitrogens with one attached hydrogen (secondary N) is 1. The number of carbonyl (C=O) groups is 1. The Morgan fingerprint density at radius 3 is 2.59 bits per heavy atom. The average molecular weight is 264 g/mol. The molecule has 0 spiro atoms. The highest BCUT2D eigenvalue weighted by atomic mass is 32.2. The monoisotopic (exact) mass is 264 g/mol. The van der Waals surface area contributed by atoms with E-state index >= 15 is 0 Å². The fraction of sp³-hybridized carbons (Fsp3) is 0.900. The highest BCUT2D eigenvalue weighted by Crippen LogP contribution is 2.20. The second-order valence-corrected chi connectivity index (χ2v) is 6.08. The highest BCUT2D eigenvalue weighted by molar-refractivity contribution is 7.87. The van der Waals surface area contributed by atoms with Crippen molar-refractivity contribution >= 4 is 16.2 Å². The molecule has 0 saturated carbocycles. The maximum atomic E-state index is 12.0. The van der Waals surface area contributed by atoms with Gasteiger partial charge in [-0.05, 0) is 33.1 Å². The number of hydrogen-bond acceptors (Lipinski definition) is 4. The first-order valence-corrected chi connectivity index (χ1v) is 7.19. The number of carbonyl (C=O) groups excluding carboxylic acids is 1. The summed E-state index contributed by atoms with van der Waals surface area (Å²) in [6, 6.07) is -0.884. The zero-order valence-corrected chi connectivity index (χ0v) is 11.3. The summed E-state index contributed by atoms with van der Waals surface area (Å²) in [5, 5.41) is 0. The van der Waals surface area contributed by atoms with E-state index in [0.29, 0.717) is 13.0 Å². The molecular weight excluding hydrogens is 244 g/mol. The van der Waals surface area contributed by atoms with E-state index in [9.17, 15) is 13.2 Å². The summed E-state index contributed by atoms with van der Waals surface area (Å²) in [6.45, 7) is 3.85. The van der Waals surface area contributed by atoms with Crippen LogP contribution in [0.5, 0.6) is 0 Å². The number of rotatable bonds is 4. The van der Waals surface area contributed by atoms with Crippen LogP contribution >= 0.6 is 0 Å². The molecule has 1 aliphatic heterocycles. The zero-order chi connectivity index (χ0) is 13.1. The molecular formula is C10H20N2O4S. The number of esters is 1. The molecule has 0 aliphatic carbocycles. The summed E-state index contributed by atoms with van der Waals surface area (Å²) in [4.78, 5) is 11.6. The highest BCUT2D eigenvalue weighted by Gasteiger charge is 2.37. The maximum absolute atomic E-state index is 12.0. The van der Waals surface area contributed by atoms with Crippen LogP contribution in [0.1, 0.15) is 33.1 Å². The van der Waals surface area contributed by atoms with Crippen LogP contribution in [0.3, 0.4) is 0 Å². The van der Waals surface area contributed by atoms with E-state index in [1.54, 1.807) is 13.8 Å². The van der Waals surface area contributed by atoms with E-state index in [1.807, 2.05) is 0 Å². The topological polar surface area (TPSA) is 75.7 Å². The van der Waals surface area contributed by atoms with Crippen LogP contribution in [-0.4, -0.2) is 44.4 Å². The third kappa shape index (κ3) is 3.65. The normalized spacial score (nSPS) is 22.7.